The number of hydrogen-bond donors (Lipinski definition) is 0. The number of benzene rings is 1. The van der Waals surface area contributed by atoms with Crippen molar-refractivity contribution in [1.82, 2.24) is 14.9 Å². The molecule has 0 bridgehead atoms. The van der Waals surface area contributed by atoms with Crippen molar-refractivity contribution in [3.8, 4) is 11.4 Å². The van der Waals surface area contributed by atoms with Crippen molar-refractivity contribution in [3.05, 3.63) is 72.2 Å². The van der Waals surface area contributed by atoms with Crippen molar-refractivity contribution in [2.24, 2.45) is 4.99 Å². The molecule has 2 rings (SSSR count). The number of hydrogen-bond acceptors (Lipinski definition) is 4. The molecule has 4 nitrogen and oxygen atoms in total. The van der Waals surface area contributed by atoms with Crippen molar-refractivity contribution in [1.29, 1.82) is 0 Å². The van der Waals surface area contributed by atoms with E-state index in [2.05, 4.69) is 28.7 Å². The first-order chi connectivity index (χ1) is 12.5. The maximum Gasteiger partial charge on any atom is 0.159 e. The second kappa shape index (κ2) is 8.90. The molecule has 0 aliphatic heterocycles. The molecule has 0 saturated heterocycles. The van der Waals surface area contributed by atoms with Gasteiger partial charge in [-0.25, -0.2) is 9.97 Å². The number of aliphatic imine (C=N–C) groups is 1. The number of nitrogens with zero attached hydrogens (tertiary/aromatic N) is 4. The third kappa shape index (κ3) is 4.54. The largest absolute Gasteiger partial charge is 0.383 e. The molecule has 4 heteroatoms. The second-order valence-corrected chi connectivity index (χ2v) is 6.16. The third-order valence-corrected chi connectivity index (χ3v) is 3.94. The molecule has 0 aliphatic carbocycles. The van der Waals surface area contributed by atoms with Gasteiger partial charge in [0.15, 0.2) is 5.82 Å². The summed E-state index contributed by atoms with van der Waals surface area (Å²) in [7, 11) is 5.76. The van der Waals surface area contributed by atoms with Crippen LogP contribution in [0.4, 0.5) is 0 Å². The molecule has 0 aliphatic rings. The van der Waals surface area contributed by atoms with Crippen LogP contribution in [0, 0.1) is 6.92 Å². The van der Waals surface area contributed by atoms with Gasteiger partial charge in [0.1, 0.15) is 0 Å². The van der Waals surface area contributed by atoms with Gasteiger partial charge >= 0.3 is 0 Å². The highest BCUT2D eigenvalue weighted by Gasteiger charge is 2.09. The first-order valence-corrected chi connectivity index (χ1v) is 8.54. The molecular weight excluding hydrogens is 320 g/mol. The van der Waals surface area contributed by atoms with Crippen LogP contribution in [-0.2, 0) is 0 Å². The van der Waals surface area contributed by atoms with Crippen molar-refractivity contribution in [2.45, 2.75) is 13.8 Å². The lowest BCUT2D eigenvalue weighted by Crippen LogP contribution is -2.02. The Morgan fingerprint density at radius 3 is 2.58 bits per heavy atom. The fraction of sp³-hybridized carbons (Fsp3) is 0.227. The van der Waals surface area contributed by atoms with E-state index in [1.807, 2.05) is 75.7 Å². The molecule has 1 aromatic carbocycles. The average molecular weight is 346 g/mol. The molecule has 0 atom stereocenters. The third-order valence-electron chi connectivity index (χ3n) is 3.94. The van der Waals surface area contributed by atoms with Gasteiger partial charge in [-0.05, 0) is 36.6 Å². The van der Waals surface area contributed by atoms with E-state index in [0.29, 0.717) is 5.82 Å². The van der Waals surface area contributed by atoms with Crippen LogP contribution in [0.3, 0.4) is 0 Å². The molecule has 0 fully saturated rings. The van der Waals surface area contributed by atoms with E-state index in [4.69, 9.17) is 4.98 Å². The minimum Gasteiger partial charge on any atom is -0.383 e. The normalized spacial score (nSPS) is 12.5. The number of allylic oxidation sites excluding steroid dienone is 4. The Morgan fingerprint density at radius 2 is 2.00 bits per heavy atom. The summed E-state index contributed by atoms with van der Waals surface area (Å²) in [6, 6.07) is 8.21. The predicted molar refractivity (Wildman–Crippen MR) is 112 cm³/mol. The maximum atomic E-state index is 4.71. The molecule has 0 spiro atoms. The first kappa shape index (κ1) is 19.3. The van der Waals surface area contributed by atoms with Gasteiger partial charge in [-0.3, -0.25) is 4.99 Å². The van der Waals surface area contributed by atoms with E-state index >= 15 is 0 Å². The fourth-order valence-corrected chi connectivity index (χ4v) is 2.69. The highest BCUT2D eigenvalue weighted by Crippen LogP contribution is 2.24. The summed E-state index contributed by atoms with van der Waals surface area (Å²) in [6.45, 7) is 7.91. The molecule has 1 aromatic heterocycles. The van der Waals surface area contributed by atoms with E-state index in [0.717, 1.165) is 33.5 Å². The summed E-state index contributed by atoms with van der Waals surface area (Å²) in [5.74, 6) is 0.713. The lowest BCUT2D eigenvalue weighted by atomic mass is 10.0. The highest BCUT2D eigenvalue weighted by atomic mass is 15.0. The minimum atomic E-state index is 0.713. The van der Waals surface area contributed by atoms with Crippen LogP contribution in [0.2, 0.25) is 0 Å². The molecule has 26 heavy (non-hydrogen) atoms. The molecule has 0 unspecified atom stereocenters. The Kier molecular flexibility index (Phi) is 6.61. The fourth-order valence-electron chi connectivity index (χ4n) is 2.69. The van der Waals surface area contributed by atoms with E-state index in [9.17, 15) is 0 Å². The Bertz CT molecular complexity index is 873. The van der Waals surface area contributed by atoms with Gasteiger partial charge < -0.3 is 4.90 Å². The van der Waals surface area contributed by atoms with Gasteiger partial charge in [0.05, 0.1) is 0 Å². The topological polar surface area (TPSA) is 41.4 Å². The number of rotatable bonds is 6. The van der Waals surface area contributed by atoms with Crippen LogP contribution in [0.15, 0.2) is 60.4 Å². The molecule has 0 radical (unpaired) electrons. The van der Waals surface area contributed by atoms with Gasteiger partial charge in [0, 0.05) is 56.6 Å². The molecule has 0 N–H and O–H groups in total. The summed E-state index contributed by atoms with van der Waals surface area (Å²) < 4.78 is 0. The lowest BCUT2D eigenvalue weighted by molar-refractivity contribution is 0.566. The van der Waals surface area contributed by atoms with E-state index in [-0.39, 0.29) is 0 Å². The maximum absolute atomic E-state index is 4.71. The van der Waals surface area contributed by atoms with Crippen LogP contribution >= 0.6 is 0 Å². The molecule has 134 valence electrons. The van der Waals surface area contributed by atoms with Gasteiger partial charge in [-0.15, -0.1) is 0 Å². The SMILES string of the molecule is C=C/C(=C\N(C)C)c1cccc(-c2ncc(C(/C=N\C)=C/C)c(C)n2)c1. The number of aryl methyl sites for hydroxylation is 1. The quantitative estimate of drug-likeness (QED) is 0.565. The van der Waals surface area contributed by atoms with Crippen molar-refractivity contribution in [2.75, 3.05) is 21.1 Å². The van der Waals surface area contributed by atoms with E-state index < -0.39 is 0 Å². The highest BCUT2D eigenvalue weighted by molar-refractivity contribution is 6.09. The predicted octanol–water partition coefficient (Wildman–Crippen LogP) is 4.64. The molecule has 1 heterocycles. The van der Waals surface area contributed by atoms with Gasteiger partial charge in [0.2, 0.25) is 0 Å². The summed E-state index contributed by atoms with van der Waals surface area (Å²) in [5, 5.41) is 0. The van der Waals surface area contributed by atoms with Crippen LogP contribution < -0.4 is 0 Å². The zero-order valence-electron chi connectivity index (χ0n) is 16.2. The van der Waals surface area contributed by atoms with E-state index in [1.54, 1.807) is 7.05 Å². The Hall–Kier alpha value is -3.01. The lowest BCUT2D eigenvalue weighted by Gasteiger charge is -2.11. The zero-order valence-corrected chi connectivity index (χ0v) is 16.2. The summed E-state index contributed by atoms with van der Waals surface area (Å²) in [5.41, 5.74) is 6.07. The average Bonchev–Trinajstić information content (AvgIpc) is 2.64. The van der Waals surface area contributed by atoms with Crippen LogP contribution in [0.1, 0.15) is 23.7 Å². The minimum absolute atomic E-state index is 0.713. The van der Waals surface area contributed by atoms with Gasteiger partial charge in [-0.2, -0.15) is 0 Å². The molecular formula is C22H26N4. The monoisotopic (exact) mass is 346 g/mol. The van der Waals surface area contributed by atoms with Crippen LogP contribution in [0.5, 0.6) is 0 Å². The Morgan fingerprint density at radius 1 is 1.23 bits per heavy atom. The van der Waals surface area contributed by atoms with E-state index in [1.165, 1.54) is 0 Å². The Balaban J connectivity index is 2.45. The van der Waals surface area contributed by atoms with Crippen LogP contribution in [-0.4, -0.2) is 42.2 Å². The summed E-state index contributed by atoms with van der Waals surface area (Å²) in [6.07, 6.45) is 9.61. The van der Waals surface area contributed by atoms with Crippen molar-refractivity contribution in [3.63, 3.8) is 0 Å². The molecule has 2 aromatic rings. The standard InChI is InChI=1S/C22H26N4/c1-7-17(13-23-4)21-14-24-22(25-16(21)3)20-11-9-10-19(12-20)18(8-2)15-26(5)6/h7-15H,2H2,1,3-6H3/b17-7+,18-15+,23-13-. The summed E-state index contributed by atoms with van der Waals surface area (Å²) >= 11 is 0. The smallest absolute Gasteiger partial charge is 0.159 e. The number of aromatic nitrogens is 2. The first-order valence-electron chi connectivity index (χ1n) is 8.54. The zero-order chi connectivity index (χ0) is 19.1. The van der Waals surface area contributed by atoms with Gasteiger partial charge in [-0.1, -0.05) is 36.9 Å². The molecule has 0 amide bonds. The summed E-state index contributed by atoms with van der Waals surface area (Å²) in [4.78, 5) is 15.4. The molecule has 0 saturated carbocycles. The van der Waals surface area contributed by atoms with Gasteiger partial charge in [0.25, 0.3) is 0 Å². The Labute approximate surface area is 156 Å². The van der Waals surface area contributed by atoms with Crippen molar-refractivity contribution >= 4 is 17.4 Å². The second-order valence-electron chi connectivity index (χ2n) is 6.16. The van der Waals surface area contributed by atoms with Crippen LogP contribution in [0.25, 0.3) is 22.5 Å². The van der Waals surface area contributed by atoms with Crippen molar-refractivity contribution < 1.29 is 0 Å².